The van der Waals surface area contributed by atoms with E-state index in [-0.39, 0.29) is 5.91 Å². The number of amides is 1. The normalized spacial score (nSPS) is 16.3. The third-order valence-electron chi connectivity index (χ3n) is 3.35. The highest BCUT2D eigenvalue weighted by Crippen LogP contribution is 2.24. The maximum atomic E-state index is 12.3. The standard InChI is InChI=1S/C13H18BrNOS/c14-6-7-15(12-3-1-2-4-12)13(16)9-11-5-8-17-10-11/h5,8,10,12H,1-4,6-7,9H2. The molecule has 4 heteroatoms. The van der Waals surface area contributed by atoms with Crippen molar-refractivity contribution < 1.29 is 4.79 Å². The fraction of sp³-hybridized carbons (Fsp3) is 0.615. The summed E-state index contributed by atoms with van der Waals surface area (Å²) >= 11 is 5.11. The van der Waals surface area contributed by atoms with Gasteiger partial charge in [-0.25, -0.2) is 0 Å². The van der Waals surface area contributed by atoms with Gasteiger partial charge in [-0.3, -0.25) is 4.79 Å². The van der Waals surface area contributed by atoms with Gasteiger partial charge in [0, 0.05) is 17.9 Å². The Bertz CT molecular complexity index is 346. The van der Waals surface area contributed by atoms with Gasteiger partial charge in [0.25, 0.3) is 0 Å². The molecule has 2 nitrogen and oxygen atoms in total. The molecule has 1 aromatic rings. The molecule has 0 bridgehead atoms. The second kappa shape index (κ2) is 6.55. The highest BCUT2D eigenvalue weighted by atomic mass is 79.9. The van der Waals surface area contributed by atoms with Crippen LogP contribution in [0.2, 0.25) is 0 Å². The van der Waals surface area contributed by atoms with Gasteiger partial charge in [0.1, 0.15) is 0 Å². The van der Waals surface area contributed by atoms with Gasteiger partial charge in [-0.15, -0.1) is 0 Å². The molecule has 1 heterocycles. The molecule has 0 N–H and O–H groups in total. The predicted octanol–water partition coefficient (Wildman–Crippen LogP) is 3.46. The molecule has 17 heavy (non-hydrogen) atoms. The zero-order valence-corrected chi connectivity index (χ0v) is 12.3. The smallest absolute Gasteiger partial charge is 0.227 e. The predicted molar refractivity (Wildman–Crippen MR) is 75.8 cm³/mol. The van der Waals surface area contributed by atoms with E-state index >= 15 is 0 Å². The Morgan fingerprint density at radius 3 is 2.82 bits per heavy atom. The lowest BCUT2D eigenvalue weighted by Gasteiger charge is -2.28. The molecule has 94 valence electrons. The Hall–Kier alpha value is -0.350. The van der Waals surface area contributed by atoms with Crippen LogP contribution in [0.1, 0.15) is 31.2 Å². The van der Waals surface area contributed by atoms with Crippen molar-refractivity contribution in [3.8, 4) is 0 Å². The van der Waals surface area contributed by atoms with Crippen LogP contribution in [0.3, 0.4) is 0 Å². The quantitative estimate of drug-likeness (QED) is 0.762. The summed E-state index contributed by atoms with van der Waals surface area (Å²) in [6.07, 6.45) is 5.47. The molecule has 0 atom stereocenters. The molecule has 1 amide bonds. The summed E-state index contributed by atoms with van der Waals surface area (Å²) in [5.74, 6) is 0.287. The molecule has 0 saturated heterocycles. The van der Waals surface area contributed by atoms with Gasteiger partial charge in [0.2, 0.25) is 5.91 Å². The van der Waals surface area contributed by atoms with Crippen LogP contribution in [0.4, 0.5) is 0 Å². The number of hydrogen-bond acceptors (Lipinski definition) is 2. The van der Waals surface area contributed by atoms with Crippen LogP contribution in [-0.2, 0) is 11.2 Å². The number of thiophene rings is 1. The van der Waals surface area contributed by atoms with Crippen molar-refractivity contribution in [1.82, 2.24) is 4.90 Å². The van der Waals surface area contributed by atoms with Crippen LogP contribution >= 0.6 is 27.3 Å². The third kappa shape index (κ3) is 3.55. The van der Waals surface area contributed by atoms with Gasteiger partial charge < -0.3 is 4.90 Å². The van der Waals surface area contributed by atoms with Gasteiger partial charge in [-0.05, 0) is 35.2 Å². The van der Waals surface area contributed by atoms with Gasteiger partial charge >= 0.3 is 0 Å². The largest absolute Gasteiger partial charge is 0.339 e. The Kier molecular flexibility index (Phi) is 5.04. The molecule has 1 fully saturated rings. The Morgan fingerprint density at radius 2 is 2.24 bits per heavy atom. The summed E-state index contributed by atoms with van der Waals surface area (Å²) in [6, 6.07) is 2.53. The van der Waals surface area contributed by atoms with Crippen LogP contribution < -0.4 is 0 Å². The molecule has 0 aliphatic heterocycles. The van der Waals surface area contributed by atoms with E-state index in [4.69, 9.17) is 0 Å². The molecular formula is C13H18BrNOS. The van der Waals surface area contributed by atoms with Crippen molar-refractivity contribution in [1.29, 1.82) is 0 Å². The number of carbonyl (C=O) groups is 1. The van der Waals surface area contributed by atoms with Crippen molar-refractivity contribution in [2.75, 3.05) is 11.9 Å². The van der Waals surface area contributed by atoms with E-state index in [0.29, 0.717) is 12.5 Å². The van der Waals surface area contributed by atoms with Gasteiger partial charge in [0.15, 0.2) is 0 Å². The highest BCUT2D eigenvalue weighted by Gasteiger charge is 2.25. The number of hydrogen-bond donors (Lipinski definition) is 0. The van der Waals surface area contributed by atoms with E-state index in [2.05, 4.69) is 26.2 Å². The average molecular weight is 316 g/mol. The topological polar surface area (TPSA) is 20.3 Å². The van der Waals surface area contributed by atoms with Crippen molar-refractivity contribution in [3.63, 3.8) is 0 Å². The molecule has 1 aromatic heterocycles. The van der Waals surface area contributed by atoms with Crippen LogP contribution in [0.15, 0.2) is 16.8 Å². The molecule has 0 spiro atoms. The maximum Gasteiger partial charge on any atom is 0.227 e. The molecule has 0 aromatic carbocycles. The first-order chi connectivity index (χ1) is 8.31. The minimum Gasteiger partial charge on any atom is -0.339 e. The summed E-state index contributed by atoms with van der Waals surface area (Å²) in [5.41, 5.74) is 1.15. The minimum absolute atomic E-state index is 0.287. The van der Waals surface area contributed by atoms with Crippen molar-refractivity contribution >= 4 is 33.2 Å². The van der Waals surface area contributed by atoms with E-state index in [0.717, 1.165) is 17.4 Å². The van der Waals surface area contributed by atoms with Gasteiger partial charge in [0.05, 0.1) is 6.42 Å². The lowest BCUT2D eigenvalue weighted by Crippen LogP contribution is -2.40. The van der Waals surface area contributed by atoms with Crippen molar-refractivity contribution in [2.45, 2.75) is 38.1 Å². The number of carbonyl (C=O) groups excluding carboxylic acids is 1. The Balaban J connectivity index is 1.97. The monoisotopic (exact) mass is 315 g/mol. The molecule has 2 rings (SSSR count). The zero-order valence-electron chi connectivity index (χ0n) is 9.90. The Labute approximate surface area is 115 Å². The summed E-state index contributed by atoms with van der Waals surface area (Å²) in [5, 5.41) is 4.98. The van der Waals surface area contributed by atoms with Crippen LogP contribution in [0, 0.1) is 0 Å². The van der Waals surface area contributed by atoms with Gasteiger partial charge in [-0.1, -0.05) is 28.8 Å². The fourth-order valence-corrected chi connectivity index (χ4v) is 3.54. The van der Waals surface area contributed by atoms with Crippen molar-refractivity contribution in [2.24, 2.45) is 0 Å². The molecular weight excluding hydrogens is 298 g/mol. The lowest BCUT2D eigenvalue weighted by atomic mass is 10.1. The molecule has 1 aliphatic carbocycles. The van der Waals surface area contributed by atoms with Crippen molar-refractivity contribution in [3.05, 3.63) is 22.4 Å². The summed E-state index contributed by atoms with van der Waals surface area (Å²) in [6.45, 7) is 0.841. The number of halogens is 1. The summed E-state index contributed by atoms with van der Waals surface area (Å²) in [7, 11) is 0. The van der Waals surface area contributed by atoms with Gasteiger partial charge in [-0.2, -0.15) is 11.3 Å². The first-order valence-corrected chi connectivity index (χ1v) is 8.24. The van der Waals surface area contributed by atoms with E-state index in [1.165, 1.54) is 25.7 Å². The lowest BCUT2D eigenvalue weighted by molar-refractivity contribution is -0.132. The Morgan fingerprint density at radius 1 is 1.47 bits per heavy atom. The molecule has 1 aliphatic rings. The minimum atomic E-state index is 0.287. The second-order valence-corrected chi connectivity index (χ2v) is 6.10. The molecule has 0 unspecified atom stereocenters. The highest BCUT2D eigenvalue weighted by molar-refractivity contribution is 9.09. The van der Waals surface area contributed by atoms with Crippen LogP contribution in [0.5, 0.6) is 0 Å². The third-order valence-corrected chi connectivity index (χ3v) is 4.43. The van der Waals surface area contributed by atoms with E-state index in [1.807, 2.05) is 11.4 Å². The molecule has 1 saturated carbocycles. The van der Waals surface area contributed by atoms with E-state index in [9.17, 15) is 4.79 Å². The number of nitrogens with zero attached hydrogens (tertiary/aromatic N) is 1. The van der Waals surface area contributed by atoms with Crippen LogP contribution in [0.25, 0.3) is 0 Å². The SMILES string of the molecule is O=C(Cc1ccsc1)N(CCBr)C1CCCC1. The molecule has 0 radical (unpaired) electrons. The number of rotatable bonds is 5. The van der Waals surface area contributed by atoms with E-state index in [1.54, 1.807) is 11.3 Å². The first kappa shape index (κ1) is 13.1. The fourth-order valence-electron chi connectivity index (χ4n) is 2.49. The summed E-state index contributed by atoms with van der Waals surface area (Å²) < 4.78 is 0. The maximum absolute atomic E-state index is 12.3. The second-order valence-electron chi connectivity index (χ2n) is 4.52. The summed E-state index contributed by atoms with van der Waals surface area (Å²) in [4.78, 5) is 14.4. The zero-order chi connectivity index (χ0) is 12.1. The first-order valence-electron chi connectivity index (χ1n) is 6.18. The number of alkyl halides is 1. The average Bonchev–Trinajstić information content (AvgIpc) is 2.97. The van der Waals surface area contributed by atoms with Crippen LogP contribution in [-0.4, -0.2) is 28.7 Å². The van der Waals surface area contributed by atoms with E-state index < -0.39 is 0 Å².